The standard InChI is InChI=1S/C42H54O2Si/c1-27-21-23-39(43-27)37-25-35-31(29-13-7-5-8-14-29)17-11-19-33(35)41(37)45(3,4)42-34-20-12-18-32(30-15-9-6-10-16-30)36(34)26-38(42)40-24-22-28(2)44-40/h5-10,13-16,21-23,31-38,40-42H,11-12,17-20,24-26H2,1-4H3/t31?,32?,33?,34?,35?,36?,37?,38?,40-,41?,42?/m1/s1. The summed E-state index contributed by atoms with van der Waals surface area (Å²) >= 11 is 0. The van der Waals surface area contributed by atoms with Crippen molar-refractivity contribution in [3.8, 4) is 0 Å². The summed E-state index contributed by atoms with van der Waals surface area (Å²) in [5.41, 5.74) is 4.74. The summed E-state index contributed by atoms with van der Waals surface area (Å²) < 4.78 is 13.4. The first-order valence-electron chi connectivity index (χ1n) is 18.4. The molecule has 238 valence electrons. The highest BCUT2D eigenvalue weighted by Crippen LogP contribution is 2.69. The molecule has 0 radical (unpaired) electrons. The van der Waals surface area contributed by atoms with Crippen LogP contribution in [-0.2, 0) is 4.74 Å². The molecule has 0 N–H and O–H groups in total. The molecule has 3 heteroatoms. The first-order chi connectivity index (χ1) is 21.9. The van der Waals surface area contributed by atoms with Crippen molar-refractivity contribution < 1.29 is 9.15 Å². The molecule has 2 aromatic carbocycles. The van der Waals surface area contributed by atoms with Crippen LogP contribution >= 0.6 is 0 Å². The minimum absolute atomic E-state index is 0.369. The Hall–Kier alpha value is -2.52. The number of allylic oxidation sites excluding steroid dienone is 1. The van der Waals surface area contributed by atoms with E-state index in [4.69, 9.17) is 9.15 Å². The van der Waals surface area contributed by atoms with Crippen molar-refractivity contribution in [2.45, 2.75) is 120 Å². The van der Waals surface area contributed by atoms with Crippen molar-refractivity contribution in [3.63, 3.8) is 0 Å². The number of furan rings is 1. The van der Waals surface area contributed by atoms with Crippen molar-refractivity contribution >= 4 is 8.07 Å². The summed E-state index contributed by atoms with van der Waals surface area (Å²) in [4.78, 5) is 0. The summed E-state index contributed by atoms with van der Waals surface area (Å²) in [7, 11) is -1.87. The molecule has 2 nitrogen and oxygen atoms in total. The summed E-state index contributed by atoms with van der Waals surface area (Å²) in [6.07, 6.45) is 14.8. The molecule has 1 aromatic heterocycles. The predicted molar refractivity (Wildman–Crippen MR) is 187 cm³/mol. The van der Waals surface area contributed by atoms with Crippen LogP contribution in [0.15, 0.2) is 89.0 Å². The largest absolute Gasteiger partial charge is 0.495 e. The maximum Gasteiger partial charge on any atom is 0.107 e. The number of benzene rings is 2. The van der Waals surface area contributed by atoms with Crippen LogP contribution in [0.1, 0.15) is 105 Å². The van der Waals surface area contributed by atoms with Gasteiger partial charge in [0.15, 0.2) is 0 Å². The van der Waals surface area contributed by atoms with Gasteiger partial charge in [-0.05, 0) is 121 Å². The molecule has 45 heavy (non-hydrogen) atoms. The van der Waals surface area contributed by atoms with Crippen molar-refractivity contribution in [1.82, 2.24) is 0 Å². The first kappa shape index (κ1) is 29.9. The molecule has 0 spiro atoms. The van der Waals surface area contributed by atoms with Crippen LogP contribution in [0.2, 0.25) is 24.2 Å². The van der Waals surface area contributed by atoms with E-state index in [-0.39, 0.29) is 0 Å². The number of hydrogen-bond donors (Lipinski definition) is 0. The van der Waals surface area contributed by atoms with E-state index in [0.717, 1.165) is 52.7 Å². The number of aryl methyl sites for hydroxylation is 1. The maximum absolute atomic E-state index is 6.74. The summed E-state index contributed by atoms with van der Waals surface area (Å²) in [5, 5.41) is 0. The highest BCUT2D eigenvalue weighted by Gasteiger charge is 2.63. The van der Waals surface area contributed by atoms with Gasteiger partial charge in [-0.15, -0.1) is 0 Å². The maximum atomic E-state index is 6.74. The van der Waals surface area contributed by atoms with Crippen molar-refractivity contribution in [2.75, 3.05) is 0 Å². The van der Waals surface area contributed by atoms with Crippen LogP contribution in [0.25, 0.3) is 0 Å². The van der Waals surface area contributed by atoms with Gasteiger partial charge in [0.05, 0.1) is 13.8 Å². The number of fused-ring (bicyclic) bond motifs is 2. The van der Waals surface area contributed by atoms with Gasteiger partial charge in [-0.1, -0.05) is 99.4 Å². The van der Waals surface area contributed by atoms with Crippen molar-refractivity contribution in [1.29, 1.82) is 0 Å². The number of ether oxygens (including phenoxy) is 1. The van der Waals surface area contributed by atoms with Gasteiger partial charge in [0.25, 0.3) is 0 Å². The lowest BCUT2D eigenvalue weighted by Gasteiger charge is -2.49. The molecule has 5 aliphatic rings. The summed E-state index contributed by atoms with van der Waals surface area (Å²) in [5.74, 6) is 9.34. The Morgan fingerprint density at radius 2 is 1.20 bits per heavy atom. The van der Waals surface area contributed by atoms with E-state index in [2.05, 4.69) is 106 Å². The zero-order valence-corrected chi connectivity index (χ0v) is 29.0. The molecule has 11 atom stereocenters. The fourth-order valence-electron chi connectivity index (χ4n) is 12.5. The average Bonchev–Trinajstić information content (AvgIpc) is 3.85. The third kappa shape index (κ3) is 5.20. The minimum atomic E-state index is -1.87. The molecular formula is C42H54O2Si. The summed E-state index contributed by atoms with van der Waals surface area (Å²) in [6, 6.07) is 27.8. The lowest BCUT2D eigenvalue weighted by Crippen LogP contribution is -2.48. The lowest BCUT2D eigenvalue weighted by molar-refractivity contribution is 0.0867. The summed E-state index contributed by atoms with van der Waals surface area (Å²) in [6.45, 7) is 10.0. The van der Waals surface area contributed by atoms with E-state index in [9.17, 15) is 0 Å². The van der Waals surface area contributed by atoms with Crippen LogP contribution in [0.4, 0.5) is 0 Å². The van der Waals surface area contributed by atoms with Gasteiger partial charge in [0.1, 0.15) is 17.6 Å². The zero-order valence-electron chi connectivity index (χ0n) is 28.0. The highest BCUT2D eigenvalue weighted by atomic mass is 28.3. The Labute approximate surface area is 273 Å². The van der Waals surface area contributed by atoms with Crippen molar-refractivity contribution in [2.24, 2.45) is 29.6 Å². The van der Waals surface area contributed by atoms with Gasteiger partial charge in [-0.25, -0.2) is 0 Å². The number of hydrogen-bond acceptors (Lipinski definition) is 2. The molecule has 10 unspecified atom stereocenters. The van der Waals surface area contributed by atoms with E-state index < -0.39 is 8.07 Å². The Kier molecular flexibility index (Phi) is 7.91. The van der Waals surface area contributed by atoms with Gasteiger partial charge < -0.3 is 9.15 Å². The number of rotatable bonds is 6. The SMILES string of the molecule is CC1=CC[C@H](C2CC3C(c4ccccc4)CCCC3C2[Si](C)(C)C2C(c3ccc(C)o3)CC3C(c4ccccc4)CCCC32)O1. The fraction of sp³-hybridized carbons (Fsp3) is 0.571. The predicted octanol–water partition coefficient (Wildman–Crippen LogP) is 11.6. The normalized spacial score (nSPS) is 38.0. The van der Waals surface area contributed by atoms with Crippen LogP contribution in [0.3, 0.4) is 0 Å². The van der Waals surface area contributed by atoms with E-state index in [1.165, 1.54) is 57.1 Å². The molecule has 0 saturated heterocycles. The molecule has 0 bridgehead atoms. The van der Waals surface area contributed by atoms with Gasteiger partial charge >= 0.3 is 0 Å². The monoisotopic (exact) mass is 618 g/mol. The van der Waals surface area contributed by atoms with Gasteiger partial charge in [0, 0.05) is 12.3 Å². The van der Waals surface area contributed by atoms with Gasteiger partial charge in [-0.3, -0.25) is 0 Å². The highest BCUT2D eigenvalue weighted by molar-refractivity contribution is 6.80. The zero-order chi connectivity index (χ0) is 30.7. The van der Waals surface area contributed by atoms with Crippen LogP contribution in [0.5, 0.6) is 0 Å². The Morgan fingerprint density at radius 1 is 0.600 bits per heavy atom. The average molecular weight is 619 g/mol. The third-order valence-corrected chi connectivity index (χ3v) is 19.0. The molecule has 4 saturated carbocycles. The fourth-order valence-corrected chi connectivity index (χ4v) is 18.8. The minimum Gasteiger partial charge on any atom is -0.495 e. The topological polar surface area (TPSA) is 22.4 Å². The lowest BCUT2D eigenvalue weighted by atomic mass is 9.71. The second-order valence-electron chi connectivity index (χ2n) is 16.3. The molecule has 1 aliphatic heterocycles. The van der Waals surface area contributed by atoms with E-state index >= 15 is 0 Å². The quantitative estimate of drug-likeness (QED) is 0.256. The molecule has 4 aliphatic carbocycles. The molecule has 4 fully saturated rings. The molecule has 8 rings (SSSR count). The molecule has 3 aromatic rings. The third-order valence-electron chi connectivity index (χ3n) is 13.9. The van der Waals surface area contributed by atoms with Gasteiger partial charge in [-0.2, -0.15) is 0 Å². The second kappa shape index (κ2) is 11.9. The molecular weight excluding hydrogens is 565 g/mol. The van der Waals surface area contributed by atoms with Crippen LogP contribution in [-0.4, -0.2) is 14.2 Å². The van der Waals surface area contributed by atoms with E-state index in [1.807, 2.05) is 0 Å². The Balaban J connectivity index is 1.20. The van der Waals surface area contributed by atoms with Crippen molar-refractivity contribution in [3.05, 3.63) is 107 Å². The van der Waals surface area contributed by atoms with Crippen LogP contribution in [0, 0.1) is 36.5 Å². The molecule has 0 amide bonds. The Morgan fingerprint density at radius 3 is 1.76 bits per heavy atom. The Bertz CT molecular complexity index is 1490. The first-order valence-corrected chi connectivity index (χ1v) is 21.5. The van der Waals surface area contributed by atoms with E-state index in [1.54, 1.807) is 11.1 Å². The molecule has 2 heterocycles. The smallest absolute Gasteiger partial charge is 0.107 e. The van der Waals surface area contributed by atoms with Gasteiger partial charge in [0.2, 0.25) is 0 Å². The second-order valence-corrected chi connectivity index (χ2v) is 21.3. The van der Waals surface area contributed by atoms with E-state index in [0.29, 0.717) is 29.8 Å². The van der Waals surface area contributed by atoms with Crippen LogP contribution < -0.4 is 0 Å².